The maximum absolute atomic E-state index is 12.5. The van der Waals surface area contributed by atoms with E-state index >= 15 is 0 Å². The molecule has 0 saturated heterocycles. The van der Waals surface area contributed by atoms with Gasteiger partial charge in [-0.1, -0.05) is 39.3 Å². The summed E-state index contributed by atoms with van der Waals surface area (Å²) in [4.78, 5) is 12.5. The Kier molecular flexibility index (Phi) is 3.73. The van der Waals surface area contributed by atoms with Crippen LogP contribution < -0.4 is 0 Å². The molecule has 0 aromatic rings. The van der Waals surface area contributed by atoms with E-state index in [1.165, 1.54) is 5.57 Å². The molecule has 0 aromatic heterocycles. The van der Waals surface area contributed by atoms with E-state index in [4.69, 9.17) is 4.74 Å². The fraction of sp³-hybridized carbons (Fsp3) is 0.812. The summed E-state index contributed by atoms with van der Waals surface area (Å²) in [7, 11) is 0. The first-order valence-corrected chi connectivity index (χ1v) is 6.84. The van der Waals surface area contributed by atoms with Crippen LogP contribution in [0.4, 0.5) is 0 Å². The molecule has 1 saturated carbocycles. The molecule has 0 aliphatic heterocycles. The Hall–Kier alpha value is -0.790. The van der Waals surface area contributed by atoms with Crippen LogP contribution in [0, 0.1) is 16.7 Å². The quantitative estimate of drug-likeness (QED) is 0.549. The second-order valence-corrected chi connectivity index (χ2v) is 7.40. The third-order valence-electron chi connectivity index (χ3n) is 4.45. The van der Waals surface area contributed by atoms with Crippen LogP contribution in [0.3, 0.4) is 0 Å². The van der Waals surface area contributed by atoms with Gasteiger partial charge in [0.15, 0.2) is 0 Å². The standard InChI is InChI=1S/C16H28O2/c1-11(2)9-16(10-14(16,5)6)13(17)18-15(7,8)12(3)4/h9,12H,10H2,1-8H3. The number of hydrogen-bond acceptors (Lipinski definition) is 2. The first kappa shape index (κ1) is 15.3. The Labute approximate surface area is 112 Å². The number of carbonyl (C=O) groups is 1. The van der Waals surface area contributed by atoms with Crippen LogP contribution in [-0.2, 0) is 9.53 Å². The molecule has 104 valence electrons. The summed E-state index contributed by atoms with van der Waals surface area (Å²) in [5.41, 5.74) is 0.393. The fourth-order valence-corrected chi connectivity index (χ4v) is 2.25. The lowest BCUT2D eigenvalue weighted by molar-refractivity contribution is -0.166. The monoisotopic (exact) mass is 252 g/mol. The molecule has 1 unspecified atom stereocenters. The molecule has 2 nitrogen and oxygen atoms in total. The maximum atomic E-state index is 12.5. The average Bonchev–Trinajstić information content (AvgIpc) is 2.66. The van der Waals surface area contributed by atoms with Crippen LogP contribution in [0.5, 0.6) is 0 Å². The summed E-state index contributed by atoms with van der Waals surface area (Å²) in [6.07, 6.45) is 2.98. The fourth-order valence-electron chi connectivity index (χ4n) is 2.25. The van der Waals surface area contributed by atoms with Gasteiger partial charge in [-0.05, 0) is 45.4 Å². The molecular formula is C16H28O2. The molecule has 1 atom stereocenters. The number of hydrogen-bond donors (Lipinski definition) is 0. The van der Waals surface area contributed by atoms with E-state index in [2.05, 4.69) is 33.8 Å². The number of ether oxygens (including phenoxy) is 1. The van der Waals surface area contributed by atoms with Crippen LogP contribution in [0.15, 0.2) is 11.6 Å². The smallest absolute Gasteiger partial charge is 0.317 e. The van der Waals surface area contributed by atoms with E-state index in [0.717, 1.165) is 6.42 Å². The van der Waals surface area contributed by atoms with Crippen molar-refractivity contribution in [2.75, 3.05) is 0 Å². The van der Waals surface area contributed by atoms with E-state index in [1.807, 2.05) is 27.7 Å². The van der Waals surface area contributed by atoms with Gasteiger partial charge in [0.25, 0.3) is 0 Å². The van der Waals surface area contributed by atoms with Gasteiger partial charge in [0.05, 0.1) is 5.41 Å². The van der Waals surface area contributed by atoms with E-state index in [9.17, 15) is 4.79 Å². The molecule has 1 aliphatic carbocycles. The van der Waals surface area contributed by atoms with Crippen molar-refractivity contribution in [2.45, 2.75) is 67.4 Å². The average molecular weight is 252 g/mol. The zero-order valence-electron chi connectivity index (χ0n) is 13.2. The SMILES string of the molecule is CC(C)=CC1(C(=O)OC(C)(C)C(C)C)CC1(C)C. The first-order chi connectivity index (χ1) is 7.94. The van der Waals surface area contributed by atoms with Crippen molar-refractivity contribution in [3.8, 4) is 0 Å². The Bertz CT molecular complexity index is 371. The third-order valence-corrected chi connectivity index (χ3v) is 4.45. The number of carbonyl (C=O) groups excluding carboxylic acids is 1. The second kappa shape index (κ2) is 4.40. The van der Waals surface area contributed by atoms with E-state index < -0.39 is 11.0 Å². The largest absolute Gasteiger partial charge is 0.459 e. The highest BCUT2D eigenvalue weighted by molar-refractivity contribution is 5.84. The van der Waals surface area contributed by atoms with Crippen molar-refractivity contribution in [3.05, 3.63) is 11.6 Å². The van der Waals surface area contributed by atoms with Crippen LogP contribution in [0.2, 0.25) is 0 Å². The van der Waals surface area contributed by atoms with Gasteiger partial charge < -0.3 is 4.74 Å². The predicted molar refractivity (Wildman–Crippen MR) is 75.3 cm³/mol. The molecule has 18 heavy (non-hydrogen) atoms. The van der Waals surface area contributed by atoms with Crippen molar-refractivity contribution in [3.63, 3.8) is 0 Å². The van der Waals surface area contributed by atoms with Gasteiger partial charge >= 0.3 is 5.97 Å². The molecule has 1 fully saturated rings. The van der Waals surface area contributed by atoms with E-state index in [0.29, 0.717) is 5.92 Å². The molecule has 0 N–H and O–H groups in total. The summed E-state index contributed by atoms with van der Waals surface area (Å²) in [5.74, 6) is 0.250. The Morgan fingerprint density at radius 1 is 1.28 bits per heavy atom. The molecule has 0 bridgehead atoms. The van der Waals surface area contributed by atoms with Gasteiger partial charge in [-0.3, -0.25) is 4.79 Å². The molecule has 2 heteroatoms. The Morgan fingerprint density at radius 3 is 2.00 bits per heavy atom. The minimum absolute atomic E-state index is 0.0222. The molecule has 0 aromatic carbocycles. The van der Waals surface area contributed by atoms with Gasteiger partial charge in [-0.2, -0.15) is 0 Å². The summed E-state index contributed by atoms with van der Waals surface area (Å²) >= 11 is 0. The minimum Gasteiger partial charge on any atom is -0.459 e. The van der Waals surface area contributed by atoms with Crippen LogP contribution >= 0.6 is 0 Å². The highest BCUT2D eigenvalue weighted by Gasteiger charge is 2.66. The minimum atomic E-state index is -0.405. The van der Waals surface area contributed by atoms with E-state index in [-0.39, 0.29) is 11.4 Å². The first-order valence-electron chi connectivity index (χ1n) is 6.84. The lowest BCUT2D eigenvalue weighted by atomic mass is 9.91. The Morgan fingerprint density at radius 2 is 1.72 bits per heavy atom. The summed E-state index contributed by atoms with van der Waals surface area (Å²) in [6, 6.07) is 0. The third kappa shape index (κ3) is 2.62. The zero-order chi connectivity index (χ0) is 14.4. The number of rotatable bonds is 4. The normalized spacial score (nSPS) is 25.8. The van der Waals surface area contributed by atoms with Crippen LogP contribution in [-0.4, -0.2) is 11.6 Å². The predicted octanol–water partition coefficient (Wildman–Crippen LogP) is 4.35. The number of esters is 1. The molecule has 0 heterocycles. The van der Waals surface area contributed by atoms with Gasteiger partial charge in [-0.25, -0.2) is 0 Å². The van der Waals surface area contributed by atoms with Gasteiger partial charge in [0.2, 0.25) is 0 Å². The lowest BCUT2D eigenvalue weighted by Gasteiger charge is -2.31. The summed E-state index contributed by atoms with van der Waals surface area (Å²) < 4.78 is 5.78. The second-order valence-electron chi connectivity index (χ2n) is 7.40. The van der Waals surface area contributed by atoms with Gasteiger partial charge in [0, 0.05) is 0 Å². The Balaban J connectivity index is 2.93. The lowest BCUT2D eigenvalue weighted by Crippen LogP contribution is -2.37. The van der Waals surface area contributed by atoms with Crippen LogP contribution in [0.1, 0.15) is 61.8 Å². The molecular weight excluding hydrogens is 224 g/mol. The maximum Gasteiger partial charge on any atom is 0.317 e. The highest BCUT2D eigenvalue weighted by Crippen LogP contribution is 2.65. The van der Waals surface area contributed by atoms with Gasteiger partial charge in [-0.15, -0.1) is 0 Å². The summed E-state index contributed by atoms with van der Waals surface area (Å²) in [5, 5.41) is 0. The van der Waals surface area contributed by atoms with Crippen molar-refractivity contribution >= 4 is 5.97 Å². The van der Waals surface area contributed by atoms with Crippen molar-refractivity contribution in [1.82, 2.24) is 0 Å². The number of allylic oxidation sites excluding steroid dienone is 1. The van der Waals surface area contributed by atoms with Gasteiger partial charge in [0.1, 0.15) is 5.60 Å². The molecule has 0 spiro atoms. The molecule has 0 radical (unpaired) electrons. The summed E-state index contributed by atoms with van der Waals surface area (Å²) in [6.45, 7) is 16.5. The van der Waals surface area contributed by atoms with E-state index in [1.54, 1.807) is 0 Å². The molecule has 1 aliphatic rings. The van der Waals surface area contributed by atoms with Crippen molar-refractivity contribution < 1.29 is 9.53 Å². The topological polar surface area (TPSA) is 26.3 Å². The van der Waals surface area contributed by atoms with Crippen LogP contribution in [0.25, 0.3) is 0 Å². The van der Waals surface area contributed by atoms with Crippen molar-refractivity contribution in [1.29, 1.82) is 0 Å². The zero-order valence-corrected chi connectivity index (χ0v) is 13.2. The van der Waals surface area contributed by atoms with Crippen molar-refractivity contribution in [2.24, 2.45) is 16.7 Å². The highest BCUT2D eigenvalue weighted by atomic mass is 16.6. The molecule has 1 rings (SSSR count). The molecule has 0 amide bonds.